The van der Waals surface area contributed by atoms with Crippen molar-refractivity contribution in [1.82, 2.24) is 0 Å². The lowest BCUT2D eigenvalue weighted by molar-refractivity contribution is 0.102. The summed E-state index contributed by atoms with van der Waals surface area (Å²) in [5.41, 5.74) is 3.28. The Balaban J connectivity index is 1.82. The third-order valence-corrected chi connectivity index (χ3v) is 4.10. The molecule has 0 radical (unpaired) electrons. The van der Waals surface area contributed by atoms with Gasteiger partial charge in [0.15, 0.2) is 0 Å². The highest BCUT2D eigenvalue weighted by Crippen LogP contribution is 2.21. The summed E-state index contributed by atoms with van der Waals surface area (Å²) in [6.07, 6.45) is 0.822. The van der Waals surface area contributed by atoms with Crippen molar-refractivity contribution in [3.05, 3.63) is 95.6 Å². The molecule has 0 unspecified atom stereocenters. The van der Waals surface area contributed by atoms with Crippen LogP contribution in [0.4, 0.5) is 11.4 Å². The van der Waals surface area contributed by atoms with Crippen LogP contribution in [0.5, 0.6) is 0 Å². The van der Waals surface area contributed by atoms with Crippen molar-refractivity contribution in [2.45, 2.75) is 13.3 Å². The van der Waals surface area contributed by atoms with Crippen LogP contribution in [0.2, 0.25) is 0 Å². The van der Waals surface area contributed by atoms with Gasteiger partial charge in [0.05, 0.1) is 11.3 Å². The van der Waals surface area contributed by atoms with Gasteiger partial charge in [-0.25, -0.2) is 0 Å². The molecule has 0 atom stereocenters. The number of nitrogens with one attached hydrogen (secondary N) is 2. The van der Waals surface area contributed by atoms with Gasteiger partial charge in [-0.05, 0) is 42.3 Å². The molecule has 0 aromatic heterocycles. The number of benzene rings is 3. The van der Waals surface area contributed by atoms with E-state index in [-0.39, 0.29) is 11.8 Å². The number of para-hydroxylation sites is 2. The molecule has 0 aliphatic heterocycles. The SMILES string of the molecule is CCc1ccccc1NC(=O)c1ccccc1NC(=O)c1ccccc1. The highest BCUT2D eigenvalue weighted by Gasteiger charge is 2.15. The molecule has 0 bridgehead atoms. The molecule has 0 saturated heterocycles. The van der Waals surface area contributed by atoms with Crippen LogP contribution in [0, 0.1) is 0 Å². The zero-order valence-corrected chi connectivity index (χ0v) is 14.5. The number of rotatable bonds is 5. The first-order valence-corrected chi connectivity index (χ1v) is 8.53. The van der Waals surface area contributed by atoms with E-state index in [1.54, 1.807) is 48.5 Å². The van der Waals surface area contributed by atoms with Crippen LogP contribution in [0.3, 0.4) is 0 Å². The molecular formula is C22H20N2O2. The second kappa shape index (κ2) is 8.12. The molecule has 130 valence electrons. The molecule has 0 aliphatic rings. The summed E-state index contributed by atoms with van der Waals surface area (Å²) in [5, 5.41) is 5.76. The Morgan fingerprint density at radius 3 is 2.00 bits per heavy atom. The van der Waals surface area contributed by atoms with Crippen molar-refractivity contribution in [1.29, 1.82) is 0 Å². The van der Waals surface area contributed by atoms with Crippen molar-refractivity contribution < 1.29 is 9.59 Å². The molecule has 0 aliphatic carbocycles. The Morgan fingerprint density at radius 1 is 0.692 bits per heavy atom. The minimum atomic E-state index is -0.255. The number of carbonyl (C=O) groups excluding carboxylic acids is 2. The lowest BCUT2D eigenvalue weighted by Crippen LogP contribution is -2.18. The molecule has 26 heavy (non-hydrogen) atoms. The van der Waals surface area contributed by atoms with Gasteiger partial charge in [0.25, 0.3) is 11.8 Å². The number of carbonyl (C=O) groups is 2. The molecule has 2 N–H and O–H groups in total. The zero-order valence-electron chi connectivity index (χ0n) is 14.5. The Labute approximate surface area is 152 Å². The normalized spacial score (nSPS) is 10.2. The number of hydrogen-bond acceptors (Lipinski definition) is 2. The maximum atomic E-state index is 12.8. The molecule has 3 aromatic rings. The van der Waals surface area contributed by atoms with Gasteiger partial charge in [-0.15, -0.1) is 0 Å². The van der Waals surface area contributed by atoms with Crippen LogP contribution in [0.15, 0.2) is 78.9 Å². The largest absolute Gasteiger partial charge is 0.322 e. The summed E-state index contributed by atoms with van der Waals surface area (Å²) >= 11 is 0. The van der Waals surface area contributed by atoms with E-state index in [0.29, 0.717) is 16.8 Å². The quantitative estimate of drug-likeness (QED) is 0.701. The average Bonchev–Trinajstić information content (AvgIpc) is 2.69. The van der Waals surface area contributed by atoms with Gasteiger partial charge in [-0.3, -0.25) is 9.59 Å². The van der Waals surface area contributed by atoms with Crippen LogP contribution in [0.1, 0.15) is 33.2 Å². The van der Waals surface area contributed by atoms with E-state index in [1.807, 2.05) is 37.3 Å². The molecule has 0 heterocycles. The minimum Gasteiger partial charge on any atom is -0.322 e. The lowest BCUT2D eigenvalue weighted by Gasteiger charge is -2.13. The Morgan fingerprint density at radius 2 is 1.27 bits per heavy atom. The maximum absolute atomic E-state index is 12.8. The summed E-state index contributed by atoms with van der Waals surface area (Å²) < 4.78 is 0. The monoisotopic (exact) mass is 344 g/mol. The first kappa shape index (κ1) is 17.4. The summed E-state index contributed by atoms with van der Waals surface area (Å²) in [6, 6.07) is 23.6. The van der Waals surface area contributed by atoms with E-state index in [1.165, 1.54) is 0 Å². The fraction of sp³-hybridized carbons (Fsp3) is 0.0909. The van der Waals surface area contributed by atoms with Gasteiger partial charge < -0.3 is 10.6 Å². The number of amides is 2. The van der Waals surface area contributed by atoms with Gasteiger partial charge in [0.2, 0.25) is 0 Å². The molecule has 3 rings (SSSR count). The second-order valence-corrected chi connectivity index (χ2v) is 5.83. The van der Waals surface area contributed by atoms with Crippen LogP contribution >= 0.6 is 0 Å². The Kier molecular flexibility index (Phi) is 5.44. The Hall–Kier alpha value is -3.40. The van der Waals surface area contributed by atoms with Gasteiger partial charge in [-0.1, -0.05) is 55.5 Å². The topological polar surface area (TPSA) is 58.2 Å². The Bertz CT molecular complexity index is 920. The van der Waals surface area contributed by atoms with E-state index < -0.39 is 0 Å². The van der Waals surface area contributed by atoms with Gasteiger partial charge >= 0.3 is 0 Å². The summed E-state index contributed by atoms with van der Waals surface area (Å²) in [5.74, 6) is -0.505. The van der Waals surface area contributed by atoms with Gasteiger partial charge in [0.1, 0.15) is 0 Å². The standard InChI is InChI=1S/C22H20N2O2/c1-2-16-10-6-8-14-19(16)23-22(26)18-13-7-9-15-20(18)24-21(25)17-11-4-3-5-12-17/h3-15H,2H2,1H3,(H,23,26)(H,24,25). The minimum absolute atomic E-state index is 0.250. The van der Waals surface area contributed by atoms with E-state index >= 15 is 0 Å². The molecule has 0 spiro atoms. The molecular weight excluding hydrogens is 324 g/mol. The van der Waals surface area contributed by atoms with E-state index in [4.69, 9.17) is 0 Å². The summed E-state index contributed by atoms with van der Waals surface area (Å²) in [7, 11) is 0. The molecule has 2 amide bonds. The molecule has 3 aromatic carbocycles. The summed E-state index contributed by atoms with van der Waals surface area (Å²) in [6.45, 7) is 2.04. The lowest BCUT2D eigenvalue weighted by atomic mass is 10.1. The number of aryl methyl sites for hydroxylation is 1. The van der Waals surface area contributed by atoms with E-state index in [0.717, 1.165) is 17.7 Å². The molecule has 4 heteroatoms. The van der Waals surface area contributed by atoms with Crippen molar-refractivity contribution in [2.24, 2.45) is 0 Å². The third kappa shape index (κ3) is 3.98. The molecule has 0 fully saturated rings. The zero-order chi connectivity index (χ0) is 18.4. The maximum Gasteiger partial charge on any atom is 0.257 e. The van der Waals surface area contributed by atoms with Crippen LogP contribution in [0.25, 0.3) is 0 Å². The van der Waals surface area contributed by atoms with Crippen molar-refractivity contribution in [3.63, 3.8) is 0 Å². The van der Waals surface area contributed by atoms with Crippen molar-refractivity contribution in [2.75, 3.05) is 10.6 Å². The van der Waals surface area contributed by atoms with Crippen LogP contribution < -0.4 is 10.6 Å². The molecule has 0 saturated carbocycles. The average molecular weight is 344 g/mol. The van der Waals surface area contributed by atoms with Gasteiger partial charge in [0, 0.05) is 11.3 Å². The van der Waals surface area contributed by atoms with E-state index in [2.05, 4.69) is 10.6 Å². The predicted molar refractivity (Wildman–Crippen MR) is 105 cm³/mol. The van der Waals surface area contributed by atoms with Crippen molar-refractivity contribution in [3.8, 4) is 0 Å². The fourth-order valence-corrected chi connectivity index (χ4v) is 2.71. The highest BCUT2D eigenvalue weighted by atomic mass is 16.2. The van der Waals surface area contributed by atoms with E-state index in [9.17, 15) is 9.59 Å². The number of anilines is 2. The second-order valence-electron chi connectivity index (χ2n) is 5.83. The first-order valence-electron chi connectivity index (χ1n) is 8.53. The van der Waals surface area contributed by atoms with Crippen molar-refractivity contribution >= 4 is 23.2 Å². The van der Waals surface area contributed by atoms with Gasteiger partial charge in [-0.2, -0.15) is 0 Å². The first-order chi connectivity index (χ1) is 12.7. The highest BCUT2D eigenvalue weighted by molar-refractivity contribution is 6.12. The van der Waals surface area contributed by atoms with Crippen LogP contribution in [-0.4, -0.2) is 11.8 Å². The summed E-state index contributed by atoms with van der Waals surface area (Å²) in [4.78, 5) is 25.2. The number of hydrogen-bond donors (Lipinski definition) is 2. The third-order valence-electron chi connectivity index (χ3n) is 4.10. The molecule has 4 nitrogen and oxygen atoms in total. The fourth-order valence-electron chi connectivity index (χ4n) is 2.71. The van der Waals surface area contributed by atoms with Crippen LogP contribution in [-0.2, 0) is 6.42 Å². The smallest absolute Gasteiger partial charge is 0.257 e. The predicted octanol–water partition coefficient (Wildman–Crippen LogP) is 4.75.